The van der Waals surface area contributed by atoms with Crippen LogP contribution in [0.3, 0.4) is 0 Å². The van der Waals surface area contributed by atoms with E-state index in [0.29, 0.717) is 17.3 Å². The topological polar surface area (TPSA) is 100 Å². The molecule has 3 aromatic heterocycles. The van der Waals surface area contributed by atoms with Crippen molar-refractivity contribution in [3.8, 4) is 11.3 Å². The number of fused-ring (bicyclic) bond motifs is 1. The van der Waals surface area contributed by atoms with Gasteiger partial charge in [-0.25, -0.2) is 9.78 Å². The van der Waals surface area contributed by atoms with Gasteiger partial charge in [0.15, 0.2) is 5.65 Å². The van der Waals surface area contributed by atoms with E-state index in [-0.39, 0.29) is 5.70 Å². The highest BCUT2D eigenvalue weighted by atomic mass is 32.1. The number of urea groups is 1. The molecule has 0 unspecified atom stereocenters. The lowest BCUT2D eigenvalue weighted by atomic mass is 10.2. The number of carbonyl (C=O) groups excluding carboxylic acids is 2. The Bertz CT molecular complexity index is 1140. The third kappa shape index (κ3) is 3.03. The number of rotatable bonds is 5. The van der Waals surface area contributed by atoms with Crippen molar-refractivity contribution in [3.05, 3.63) is 39.8 Å². The molecule has 1 aliphatic heterocycles. The molecule has 28 heavy (non-hydrogen) atoms. The van der Waals surface area contributed by atoms with Gasteiger partial charge in [-0.05, 0) is 31.4 Å². The van der Waals surface area contributed by atoms with Crippen LogP contribution in [0.4, 0.5) is 10.6 Å². The largest absolute Gasteiger partial charge is 0.367 e. The molecule has 2 aliphatic rings. The van der Waals surface area contributed by atoms with Crippen molar-refractivity contribution in [1.29, 1.82) is 0 Å². The first kappa shape index (κ1) is 16.9. The van der Waals surface area contributed by atoms with Crippen molar-refractivity contribution in [2.45, 2.75) is 32.2 Å². The van der Waals surface area contributed by atoms with Crippen LogP contribution >= 0.6 is 11.3 Å². The van der Waals surface area contributed by atoms with E-state index in [1.54, 1.807) is 28.1 Å². The predicted octanol–water partition coefficient (Wildman–Crippen LogP) is 2.77. The normalized spacial score (nSPS) is 18.0. The number of nitrogens with one attached hydrogen (secondary N) is 3. The molecule has 0 bridgehead atoms. The number of amides is 3. The number of hydrogen-bond acceptors (Lipinski definition) is 6. The van der Waals surface area contributed by atoms with Crippen LogP contribution < -0.4 is 16.0 Å². The number of anilines is 1. The molecule has 8 nitrogen and oxygen atoms in total. The SMILES string of the molecule is CCc1cc(-c2cc(NC3CC3)n3ncc(/C=C4\NC(=O)NC4=O)c3n2)cs1. The summed E-state index contributed by atoms with van der Waals surface area (Å²) in [6.45, 7) is 2.13. The lowest BCUT2D eigenvalue weighted by Crippen LogP contribution is -2.22. The van der Waals surface area contributed by atoms with Gasteiger partial charge >= 0.3 is 6.03 Å². The zero-order valence-corrected chi connectivity index (χ0v) is 16.0. The van der Waals surface area contributed by atoms with E-state index in [1.165, 1.54) is 4.88 Å². The van der Waals surface area contributed by atoms with Gasteiger partial charge in [0.2, 0.25) is 0 Å². The van der Waals surface area contributed by atoms with Gasteiger partial charge in [-0.1, -0.05) is 6.92 Å². The molecule has 0 spiro atoms. The maximum Gasteiger partial charge on any atom is 0.326 e. The maximum absolute atomic E-state index is 11.9. The molecule has 0 aromatic carbocycles. The Morgan fingerprint density at radius 1 is 1.32 bits per heavy atom. The van der Waals surface area contributed by atoms with Gasteiger partial charge in [0.1, 0.15) is 11.5 Å². The number of nitrogens with zero attached hydrogens (tertiary/aromatic N) is 3. The summed E-state index contributed by atoms with van der Waals surface area (Å²) in [5.41, 5.74) is 3.40. The Hall–Kier alpha value is -3.20. The Balaban J connectivity index is 1.64. The summed E-state index contributed by atoms with van der Waals surface area (Å²) in [7, 11) is 0. The number of aryl methyl sites for hydroxylation is 1. The van der Waals surface area contributed by atoms with Gasteiger partial charge < -0.3 is 10.6 Å². The summed E-state index contributed by atoms with van der Waals surface area (Å²) >= 11 is 1.72. The quantitative estimate of drug-likeness (QED) is 0.456. The van der Waals surface area contributed by atoms with Gasteiger partial charge in [0.05, 0.1) is 11.9 Å². The van der Waals surface area contributed by atoms with Crippen LogP contribution in [0.25, 0.3) is 23.0 Å². The molecule has 5 rings (SSSR count). The van der Waals surface area contributed by atoms with Crippen LogP contribution in [0.2, 0.25) is 0 Å². The Kier molecular flexibility index (Phi) is 3.90. The van der Waals surface area contributed by atoms with E-state index in [0.717, 1.165) is 36.3 Å². The van der Waals surface area contributed by atoms with Crippen molar-refractivity contribution in [1.82, 2.24) is 25.2 Å². The molecule has 1 aliphatic carbocycles. The molecule has 9 heteroatoms. The van der Waals surface area contributed by atoms with Gasteiger partial charge in [0, 0.05) is 33.5 Å². The summed E-state index contributed by atoms with van der Waals surface area (Å²) in [6.07, 6.45) is 6.52. The Morgan fingerprint density at radius 2 is 2.18 bits per heavy atom. The van der Waals surface area contributed by atoms with E-state index in [2.05, 4.69) is 39.4 Å². The minimum absolute atomic E-state index is 0.188. The Morgan fingerprint density at radius 3 is 2.86 bits per heavy atom. The van der Waals surface area contributed by atoms with Crippen molar-refractivity contribution < 1.29 is 9.59 Å². The number of hydrogen-bond donors (Lipinski definition) is 3. The van der Waals surface area contributed by atoms with Crippen molar-refractivity contribution in [3.63, 3.8) is 0 Å². The second-order valence-corrected chi connectivity index (χ2v) is 7.90. The standard InChI is InChI=1S/C19H18N6O2S/c1-2-13-5-11(9-28-13)14-7-16(21-12-3-4-12)25-17(22-14)10(8-20-25)6-15-18(26)24-19(27)23-15/h5-9,12,21H,2-4H2,1H3,(H2,23,24,26,27)/b15-6-. The second kappa shape index (κ2) is 6.45. The zero-order valence-electron chi connectivity index (χ0n) is 15.2. The summed E-state index contributed by atoms with van der Waals surface area (Å²) in [4.78, 5) is 29.4. The first-order chi connectivity index (χ1) is 13.6. The third-order valence-electron chi connectivity index (χ3n) is 4.75. The van der Waals surface area contributed by atoms with Crippen LogP contribution in [-0.2, 0) is 11.2 Å². The lowest BCUT2D eigenvalue weighted by molar-refractivity contribution is -0.115. The van der Waals surface area contributed by atoms with Crippen LogP contribution in [0.1, 0.15) is 30.2 Å². The monoisotopic (exact) mass is 394 g/mol. The van der Waals surface area contributed by atoms with Crippen LogP contribution in [0, 0.1) is 0 Å². The van der Waals surface area contributed by atoms with Gasteiger partial charge in [-0.3, -0.25) is 10.1 Å². The molecular weight excluding hydrogens is 376 g/mol. The molecule has 1 saturated heterocycles. The van der Waals surface area contributed by atoms with E-state index in [9.17, 15) is 9.59 Å². The molecule has 0 atom stereocenters. The number of imide groups is 1. The molecule has 1 saturated carbocycles. The highest BCUT2D eigenvalue weighted by molar-refractivity contribution is 7.10. The van der Waals surface area contributed by atoms with E-state index < -0.39 is 11.9 Å². The minimum Gasteiger partial charge on any atom is -0.367 e. The van der Waals surface area contributed by atoms with E-state index in [4.69, 9.17) is 4.98 Å². The summed E-state index contributed by atoms with van der Waals surface area (Å²) in [5, 5.41) is 14.8. The van der Waals surface area contributed by atoms with Gasteiger partial charge in [0.25, 0.3) is 5.91 Å². The molecule has 4 heterocycles. The number of thiophene rings is 1. The summed E-state index contributed by atoms with van der Waals surface area (Å²) in [5.74, 6) is 0.415. The summed E-state index contributed by atoms with van der Waals surface area (Å²) in [6, 6.07) is 4.10. The van der Waals surface area contributed by atoms with Gasteiger partial charge in [-0.15, -0.1) is 11.3 Å². The first-order valence-corrected chi connectivity index (χ1v) is 10.1. The zero-order chi connectivity index (χ0) is 19.3. The highest BCUT2D eigenvalue weighted by Gasteiger charge is 2.25. The Labute approximate surface area is 164 Å². The smallest absolute Gasteiger partial charge is 0.326 e. The lowest BCUT2D eigenvalue weighted by Gasteiger charge is -2.09. The van der Waals surface area contributed by atoms with Crippen LogP contribution in [0.15, 0.2) is 29.4 Å². The first-order valence-electron chi connectivity index (χ1n) is 9.18. The molecule has 3 amide bonds. The fourth-order valence-electron chi connectivity index (χ4n) is 3.11. The molecule has 0 radical (unpaired) electrons. The number of carbonyl (C=O) groups is 2. The van der Waals surface area contributed by atoms with Gasteiger partial charge in [-0.2, -0.15) is 9.61 Å². The third-order valence-corrected chi connectivity index (χ3v) is 5.83. The second-order valence-electron chi connectivity index (χ2n) is 6.90. The fraction of sp³-hybridized carbons (Fsp3) is 0.263. The van der Waals surface area contributed by atoms with E-state index >= 15 is 0 Å². The molecule has 3 aromatic rings. The van der Waals surface area contributed by atoms with Crippen LogP contribution in [0.5, 0.6) is 0 Å². The maximum atomic E-state index is 11.9. The molecule has 2 fully saturated rings. The van der Waals surface area contributed by atoms with E-state index in [1.807, 2.05) is 6.07 Å². The predicted molar refractivity (Wildman–Crippen MR) is 107 cm³/mol. The average Bonchev–Trinajstić information content (AvgIpc) is 3.08. The molecule has 3 N–H and O–H groups in total. The van der Waals surface area contributed by atoms with Crippen molar-refractivity contribution in [2.75, 3.05) is 5.32 Å². The molecule has 142 valence electrons. The minimum atomic E-state index is -0.525. The van der Waals surface area contributed by atoms with Crippen LogP contribution in [-0.4, -0.2) is 32.6 Å². The number of aromatic nitrogens is 3. The molecular formula is C19H18N6O2S. The summed E-state index contributed by atoms with van der Waals surface area (Å²) < 4.78 is 1.75. The highest BCUT2D eigenvalue weighted by Crippen LogP contribution is 2.31. The fourth-order valence-corrected chi connectivity index (χ4v) is 3.94. The average molecular weight is 394 g/mol. The van der Waals surface area contributed by atoms with Crippen molar-refractivity contribution in [2.24, 2.45) is 0 Å². The van der Waals surface area contributed by atoms with Crippen molar-refractivity contribution >= 4 is 40.8 Å².